The van der Waals surface area contributed by atoms with Gasteiger partial charge in [0, 0.05) is 23.7 Å². The van der Waals surface area contributed by atoms with Gasteiger partial charge in [0.15, 0.2) is 0 Å². The summed E-state index contributed by atoms with van der Waals surface area (Å²) >= 11 is 0. The van der Waals surface area contributed by atoms with E-state index in [9.17, 15) is 5.11 Å². The molecule has 0 aliphatic rings. The highest BCUT2D eigenvalue weighted by atomic mass is 16.3. The second kappa shape index (κ2) is 4.46. The lowest BCUT2D eigenvalue weighted by Gasteiger charge is -1.96. The van der Waals surface area contributed by atoms with Gasteiger partial charge in [0.2, 0.25) is 0 Å². The second-order valence-electron chi connectivity index (χ2n) is 3.22. The zero-order valence-electron chi connectivity index (χ0n) is 8.22. The molecule has 0 atom stereocenters. The van der Waals surface area contributed by atoms with Crippen LogP contribution in [0.1, 0.15) is 11.3 Å². The Bertz CT molecular complexity index is 446. The van der Waals surface area contributed by atoms with Crippen LogP contribution in [0.25, 0.3) is 0 Å². The van der Waals surface area contributed by atoms with Gasteiger partial charge in [0.1, 0.15) is 5.75 Å². The molecule has 3 nitrogen and oxygen atoms in total. The van der Waals surface area contributed by atoms with Gasteiger partial charge in [0.25, 0.3) is 0 Å². The number of aromatic hydroxyl groups is 1. The van der Waals surface area contributed by atoms with Crippen molar-refractivity contribution in [1.82, 2.24) is 4.98 Å². The Kier molecular flexibility index (Phi) is 2.83. The number of aromatic amines is 1. The lowest BCUT2D eigenvalue weighted by Crippen LogP contribution is -1.84. The van der Waals surface area contributed by atoms with E-state index in [1.807, 2.05) is 30.5 Å². The van der Waals surface area contributed by atoms with Crippen molar-refractivity contribution in [2.45, 2.75) is 6.54 Å². The van der Waals surface area contributed by atoms with Gasteiger partial charge in [-0.2, -0.15) is 0 Å². The van der Waals surface area contributed by atoms with Crippen LogP contribution < -0.4 is 0 Å². The van der Waals surface area contributed by atoms with Crippen LogP contribution in [0.2, 0.25) is 0 Å². The Morgan fingerprint density at radius 1 is 1.20 bits per heavy atom. The molecule has 0 aliphatic heterocycles. The largest absolute Gasteiger partial charge is 0.507 e. The van der Waals surface area contributed by atoms with Crippen molar-refractivity contribution < 1.29 is 5.11 Å². The SMILES string of the molecule is Oc1ccccc1C=NCc1ccc[nH]1. The molecule has 1 aromatic heterocycles. The van der Waals surface area contributed by atoms with Gasteiger partial charge in [-0.05, 0) is 24.3 Å². The average molecular weight is 200 g/mol. The summed E-state index contributed by atoms with van der Waals surface area (Å²) in [6.07, 6.45) is 3.54. The van der Waals surface area contributed by atoms with Crippen LogP contribution in [-0.2, 0) is 6.54 Å². The second-order valence-corrected chi connectivity index (χ2v) is 3.22. The Hall–Kier alpha value is -2.03. The topological polar surface area (TPSA) is 48.4 Å². The van der Waals surface area contributed by atoms with Crippen LogP contribution in [0.5, 0.6) is 5.75 Å². The van der Waals surface area contributed by atoms with E-state index in [1.54, 1.807) is 18.3 Å². The Balaban J connectivity index is 2.03. The fraction of sp³-hybridized carbons (Fsp3) is 0.0833. The van der Waals surface area contributed by atoms with Crippen molar-refractivity contribution in [2.24, 2.45) is 4.99 Å². The summed E-state index contributed by atoms with van der Waals surface area (Å²) < 4.78 is 0. The van der Waals surface area contributed by atoms with Crippen LogP contribution in [0.4, 0.5) is 0 Å². The fourth-order valence-electron chi connectivity index (χ4n) is 1.30. The number of H-pyrrole nitrogens is 1. The lowest BCUT2D eigenvalue weighted by atomic mass is 10.2. The van der Waals surface area contributed by atoms with E-state index < -0.39 is 0 Å². The standard InChI is InChI=1S/C12H12N2O/c15-12-6-2-1-4-10(12)8-13-9-11-5-3-7-14-11/h1-8,14-15H,9H2. The lowest BCUT2D eigenvalue weighted by molar-refractivity contribution is 0.474. The predicted molar refractivity (Wildman–Crippen MR) is 60.2 cm³/mol. The van der Waals surface area contributed by atoms with Gasteiger partial charge < -0.3 is 10.1 Å². The molecule has 0 bridgehead atoms. The van der Waals surface area contributed by atoms with Crippen molar-refractivity contribution in [1.29, 1.82) is 0 Å². The molecule has 0 fully saturated rings. The maximum Gasteiger partial charge on any atom is 0.124 e. The van der Waals surface area contributed by atoms with Crippen LogP contribution in [0.15, 0.2) is 47.6 Å². The summed E-state index contributed by atoms with van der Waals surface area (Å²) in [6, 6.07) is 11.0. The number of aliphatic imine (C=N–C) groups is 1. The number of nitrogens with zero attached hydrogens (tertiary/aromatic N) is 1. The van der Waals surface area contributed by atoms with Crippen molar-refractivity contribution in [3.63, 3.8) is 0 Å². The highest BCUT2D eigenvalue weighted by Gasteiger charge is 1.94. The van der Waals surface area contributed by atoms with Gasteiger partial charge in [-0.3, -0.25) is 4.99 Å². The molecule has 76 valence electrons. The molecule has 2 N–H and O–H groups in total. The molecule has 0 amide bonds. The van der Waals surface area contributed by atoms with Gasteiger partial charge >= 0.3 is 0 Å². The molecular formula is C12H12N2O. The first-order valence-corrected chi connectivity index (χ1v) is 4.76. The Labute approximate surface area is 88.1 Å². The number of benzene rings is 1. The van der Waals surface area contributed by atoms with Gasteiger partial charge in [0.05, 0.1) is 6.54 Å². The summed E-state index contributed by atoms with van der Waals surface area (Å²) in [4.78, 5) is 7.29. The predicted octanol–water partition coefficient (Wildman–Crippen LogP) is 2.34. The average Bonchev–Trinajstić information content (AvgIpc) is 2.74. The third kappa shape index (κ3) is 2.47. The van der Waals surface area contributed by atoms with E-state index in [4.69, 9.17) is 0 Å². The number of nitrogens with one attached hydrogen (secondary N) is 1. The highest BCUT2D eigenvalue weighted by molar-refractivity contribution is 5.83. The van der Waals surface area contributed by atoms with Gasteiger partial charge in [-0.15, -0.1) is 0 Å². The first-order chi connectivity index (χ1) is 7.36. The number of phenolic OH excluding ortho intramolecular Hbond substituents is 1. The minimum atomic E-state index is 0.257. The number of hydrogen-bond donors (Lipinski definition) is 2. The summed E-state index contributed by atoms with van der Waals surface area (Å²) in [7, 11) is 0. The number of para-hydroxylation sites is 1. The maximum absolute atomic E-state index is 9.47. The van der Waals surface area contributed by atoms with Crippen LogP contribution in [0.3, 0.4) is 0 Å². The molecule has 0 spiro atoms. The Morgan fingerprint density at radius 3 is 2.80 bits per heavy atom. The van der Waals surface area contributed by atoms with Crippen molar-refractivity contribution in [2.75, 3.05) is 0 Å². The summed E-state index contributed by atoms with van der Waals surface area (Å²) in [5.41, 5.74) is 1.80. The zero-order valence-corrected chi connectivity index (χ0v) is 8.22. The number of rotatable bonds is 3. The van der Waals surface area contributed by atoms with Crippen molar-refractivity contribution >= 4 is 6.21 Å². The molecule has 1 heterocycles. The molecule has 2 aromatic rings. The smallest absolute Gasteiger partial charge is 0.124 e. The third-order valence-electron chi connectivity index (χ3n) is 2.09. The maximum atomic E-state index is 9.47. The molecule has 0 unspecified atom stereocenters. The molecule has 0 saturated heterocycles. The first kappa shape index (κ1) is 9.52. The van der Waals surface area contributed by atoms with Crippen LogP contribution in [-0.4, -0.2) is 16.3 Å². The Morgan fingerprint density at radius 2 is 2.07 bits per heavy atom. The van der Waals surface area contributed by atoms with Crippen LogP contribution >= 0.6 is 0 Å². The van der Waals surface area contributed by atoms with E-state index in [-0.39, 0.29) is 5.75 Å². The minimum Gasteiger partial charge on any atom is -0.507 e. The first-order valence-electron chi connectivity index (χ1n) is 4.76. The summed E-state index contributed by atoms with van der Waals surface area (Å²) in [5.74, 6) is 0.257. The van der Waals surface area contributed by atoms with Gasteiger partial charge in [-0.1, -0.05) is 12.1 Å². The number of aromatic nitrogens is 1. The molecule has 3 heteroatoms. The molecule has 0 aliphatic carbocycles. The van der Waals surface area contributed by atoms with E-state index >= 15 is 0 Å². The summed E-state index contributed by atoms with van der Waals surface area (Å²) in [6.45, 7) is 0.599. The normalized spacial score (nSPS) is 10.9. The quantitative estimate of drug-likeness (QED) is 0.734. The number of hydrogen-bond acceptors (Lipinski definition) is 2. The monoisotopic (exact) mass is 200 g/mol. The zero-order chi connectivity index (χ0) is 10.5. The summed E-state index contributed by atoms with van der Waals surface area (Å²) in [5, 5.41) is 9.47. The molecule has 0 radical (unpaired) electrons. The highest BCUT2D eigenvalue weighted by Crippen LogP contribution is 2.12. The molecule has 0 saturated carbocycles. The van der Waals surface area contributed by atoms with E-state index in [0.29, 0.717) is 6.54 Å². The van der Waals surface area contributed by atoms with Crippen molar-refractivity contribution in [3.05, 3.63) is 53.9 Å². The van der Waals surface area contributed by atoms with E-state index in [2.05, 4.69) is 9.98 Å². The molecule has 2 rings (SSSR count). The van der Waals surface area contributed by atoms with E-state index in [0.717, 1.165) is 11.3 Å². The fourth-order valence-corrected chi connectivity index (χ4v) is 1.30. The van der Waals surface area contributed by atoms with Crippen LogP contribution in [0, 0.1) is 0 Å². The molecular weight excluding hydrogens is 188 g/mol. The third-order valence-corrected chi connectivity index (χ3v) is 2.09. The van der Waals surface area contributed by atoms with E-state index in [1.165, 1.54) is 0 Å². The van der Waals surface area contributed by atoms with Gasteiger partial charge in [-0.25, -0.2) is 0 Å². The minimum absolute atomic E-state index is 0.257. The molecule has 1 aromatic carbocycles. The molecule has 15 heavy (non-hydrogen) atoms. The van der Waals surface area contributed by atoms with Crippen molar-refractivity contribution in [3.8, 4) is 5.75 Å². The number of phenols is 1.